The van der Waals surface area contributed by atoms with Crippen LogP contribution in [0.4, 0.5) is 0 Å². The van der Waals surface area contributed by atoms with Gasteiger partial charge in [0.15, 0.2) is 5.78 Å². The summed E-state index contributed by atoms with van der Waals surface area (Å²) in [6.45, 7) is -0.242. The molecule has 1 aromatic carbocycles. The number of nitrogens with one attached hydrogen (secondary N) is 1. The second kappa shape index (κ2) is 5.91. The second-order valence-electron chi connectivity index (χ2n) is 3.11. The second-order valence-corrected chi connectivity index (χ2v) is 5.83. The molecule has 1 aromatic rings. The zero-order valence-electron chi connectivity index (χ0n) is 8.34. The van der Waals surface area contributed by atoms with Crippen molar-refractivity contribution >= 4 is 58.1 Å². The van der Waals surface area contributed by atoms with Gasteiger partial charge in [-0.2, -0.15) is 0 Å². The Morgan fingerprint density at radius 1 is 1.12 bits per heavy atom. The molecule has 7 heteroatoms. The zero-order valence-corrected chi connectivity index (χ0v) is 11.4. The summed E-state index contributed by atoms with van der Waals surface area (Å²) < 4.78 is -2.07. The maximum atomic E-state index is 11.6. The maximum absolute atomic E-state index is 11.6. The van der Waals surface area contributed by atoms with Crippen molar-refractivity contribution in [3.63, 3.8) is 0 Å². The SMILES string of the molecule is O=C(CNC(=O)C(Cl)(Cl)Cl)c1ccc(Cl)cc1. The van der Waals surface area contributed by atoms with Crippen molar-refractivity contribution in [1.82, 2.24) is 5.32 Å². The molecule has 0 saturated heterocycles. The lowest BCUT2D eigenvalue weighted by atomic mass is 10.1. The highest BCUT2D eigenvalue weighted by Crippen LogP contribution is 2.25. The van der Waals surface area contributed by atoms with E-state index >= 15 is 0 Å². The fraction of sp³-hybridized carbons (Fsp3) is 0.200. The Morgan fingerprint density at radius 2 is 1.65 bits per heavy atom. The summed E-state index contributed by atoms with van der Waals surface area (Å²) in [6, 6.07) is 6.25. The average molecular weight is 315 g/mol. The highest BCUT2D eigenvalue weighted by molar-refractivity contribution is 6.76. The third kappa shape index (κ3) is 4.72. The number of Topliss-reactive ketones (excluding diaryl/α,β-unsaturated/α-hetero) is 1. The highest BCUT2D eigenvalue weighted by atomic mass is 35.6. The molecule has 0 aromatic heterocycles. The quantitative estimate of drug-likeness (QED) is 0.688. The van der Waals surface area contributed by atoms with Crippen molar-refractivity contribution < 1.29 is 9.59 Å². The van der Waals surface area contributed by atoms with E-state index in [9.17, 15) is 9.59 Å². The van der Waals surface area contributed by atoms with Crippen LogP contribution in [0.25, 0.3) is 0 Å². The standard InChI is InChI=1S/C10H7Cl4NO2/c11-7-3-1-6(2-4-7)8(16)5-15-9(17)10(12,13)14/h1-4H,5H2,(H,15,17). The van der Waals surface area contributed by atoms with Crippen LogP contribution >= 0.6 is 46.4 Å². The Kier molecular flexibility index (Phi) is 5.07. The number of alkyl halides is 3. The number of rotatable bonds is 3. The first kappa shape index (κ1) is 14.6. The molecule has 0 bridgehead atoms. The van der Waals surface area contributed by atoms with Crippen molar-refractivity contribution in [3.05, 3.63) is 34.9 Å². The topological polar surface area (TPSA) is 46.2 Å². The van der Waals surface area contributed by atoms with Crippen molar-refractivity contribution in [3.8, 4) is 0 Å². The van der Waals surface area contributed by atoms with Crippen LogP contribution in [-0.4, -0.2) is 22.0 Å². The van der Waals surface area contributed by atoms with Gasteiger partial charge in [0.2, 0.25) is 0 Å². The van der Waals surface area contributed by atoms with E-state index in [0.29, 0.717) is 10.6 Å². The third-order valence-electron chi connectivity index (χ3n) is 1.83. The van der Waals surface area contributed by atoms with E-state index < -0.39 is 9.70 Å². The van der Waals surface area contributed by atoms with Crippen LogP contribution in [0, 0.1) is 0 Å². The molecule has 92 valence electrons. The summed E-state index contributed by atoms with van der Waals surface area (Å²) in [7, 11) is 0. The molecule has 0 saturated carbocycles. The number of carbonyl (C=O) groups is 2. The van der Waals surface area contributed by atoms with Crippen molar-refractivity contribution in [1.29, 1.82) is 0 Å². The average Bonchev–Trinajstić information content (AvgIpc) is 2.25. The van der Waals surface area contributed by atoms with Gasteiger partial charge in [0, 0.05) is 10.6 Å². The van der Waals surface area contributed by atoms with Gasteiger partial charge >= 0.3 is 0 Å². The summed E-state index contributed by atoms with van der Waals surface area (Å²) in [5.41, 5.74) is 0.416. The van der Waals surface area contributed by atoms with Gasteiger partial charge in [-0.25, -0.2) is 0 Å². The molecule has 0 radical (unpaired) electrons. The minimum Gasteiger partial charge on any atom is -0.345 e. The smallest absolute Gasteiger partial charge is 0.272 e. The minimum atomic E-state index is -2.07. The van der Waals surface area contributed by atoms with Gasteiger partial charge in [0.05, 0.1) is 6.54 Å². The van der Waals surface area contributed by atoms with Gasteiger partial charge in [0.25, 0.3) is 9.70 Å². The summed E-state index contributed by atoms with van der Waals surface area (Å²) in [6.07, 6.45) is 0. The highest BCUT2D eigenvalue weighted by Gasteiger charge is 2.30. The molecule has 1 amide bonds. The Hall–Kier alpha value is -0.480. The van der Waals surface area contributed by atoms with Crippen molar-refractivity contribution in [2.24, 2.45) is 0 Å². The predicted molar refractivity (Wildman–Crippen MR) is 69.1 cm³/mol. The van der Waals surface area contributed by atoms with Gasteiger partial charge in [-0.15, -0.1) is 0 Å². The summed E-state index contributed by atoms with van der Waals surface area (Å²) in [4.78, 5) is 22.8. The van der Waals surface area contributed by atoms with Crippen LogP contribution in [0.5, 0.6) is 0 Å². The number of carbonyl (C=O) groups excluding carboxylic acids is 2. The van der Waals surface area contributed by atoms with Crippen LogP contribution in [0.3, 0.4) is 0 Å². The number of ketones is 1. The lowest BCUT2D eigenvalue weighted by Gasteiger charge is -2.10. The van der Waals surface area contributed by atoms with E-state index in [4.69, 9.17) is 46.4 Å². The molecule has 0 aliphatic rings. The van der Waals surface area contributed by atoms with E-state index in [2.05, 4.69) is 5.32 Å². The minimum absolute atomic E-state index is 0.242. The normalized spacial score (nSPS) is 11.1. The van der Waals surface area contributed by atoms with E-state index in [1.165, 1.54) is 0 Å². The Bertz CT molecular complexity index is 425. The molecule has 0 heterocycles. The van der Waals surface area contributed by atoms with Crippen LogP contribution in [0.2, 0.25) is 5.02 Å². The molecule has 1 N–H and O–H groups in total. The number of amides is 1. The maximum Gasteiger partial charge on any atom is 0.272 e. The van der Waals surface area contributed by atoms with Gasteiger partial charge in [0.1, 0.15) is 0 Å². The molecular weight excluding hydrogens is 308 g/mol. The Labute approximate surface area is 118 Å². The Morgan fingerprint density at radius 3 is 2.12 bits per heavy atom. The molecule has 1 rings (SSSR count). The van der Waals surface area contributed by atoms with Crippen LogP contribution < -0.4 is 5.32 Å². The van der Waals surface area contributed by atoms with Crippen LogP contribution in [-0.2, 0) is 4.79 Å². The molecule has 0 fully saturated rings. The van der Waals surface area contributed by atoms with E-state index in [-0.39, 0.29) is 12.3 Å². The molecule has 17 heavy (non-hydrogen) atoms. The first-order valence-corrected chi connectivity index (χ1v) is 5.95. The molecule has 0 unspecified atom stereocenters. The molecule has 0 spiro atoms. The van der Waals surface area contributed by atoms with Gasteiger partial charge in [-0.05, 0) is 24.3 Å². The summed E-state index contributed by atoms with van der Waals surface area (Å²) >= 11 is 21.6. The van der Waals surface area contributed by atoms with Crippen molar-refractivity contribution in [2.45, 2.75) is 3.79 Å². The zero-order chi connectivity index (χ0) is 13.1. The molecule has 0 atom stereocenters. The first-order chi connectivity index (χ1) is 7.80. The lowest BCUT2D eigenvalue weighted by molar-refractivity contribution is -0.120. The largest absolute Gasteiger partial charge is 0.345 e. The van der Waals surface area contributed by atoms with Crippen LogP contribution in [0.1, 0.15) is 10.4 Å². The van der Waals surface area contributed by atoms with Crippen molar-refractivity contribution in [2.75, 3.05) is 6.54 Å². The third-order valence-corrected chi connectivity index (χ3v) is 2.60. The van der Waals surface area contributed by atoms with Gasteiger partial charge in [-0.3, -0.25) is 9.59 Å². The van der Waals surface area contributed by atoms with Gasteiger partial charge in [-0.1, -0.05) is 46.4 Å². The van der Waals surface area contributed by atoms with Crippen LogP contribution in [0.15, 0.2) is 24.3 Å². The molecule has 3 nitrogen and oxygen atoms in total. The number of halogens is 4. The molecule has 0 aliphatic carbocycles. The Balaban J connectivity index is 2.56. The lowest BCUT2D eigenvalue weighted by Crippen LogP contribution is -2.37. The molecular formula is C10H7Cl4NO2. The summed E-state index contributed by atoms with van der Waals surface area (Å²) in [5, 5.41) is 2.74. The molecule has 0 aliphatic heterocycles. The monoisotopic (exact) mass is 313 g/mol. The van der Waals surface area contributed by atoms with E-state index in [1.807, 2.05) is 0 Å². The fourth-order valence-electron chi connectivity index (χ4n) is 0.999. The number of hydrogen-bond donors (Lipinski definition) is 1. The van der Waals surface area contributed by atoms with E-state index in [0.717, 1.165) is 0 Å². The van der Waals surface area contributed by atoms with Gasteiger partial charge < -0.3 is 5.32 Å². The number of hydrogen-bond acceptors (Lipinski definition) is 2. The predicted octanol–water partition coefficient (Wildman–Crippen LogP) is 3.01. The summed E-state index contributed by atoms with van der Waals surface area (Å²) in [5.74, 6) is -1.14. The number of benzene rings is 1. The fourth-order valence-corrected chi connectivity index (χ4v) is 1.33. The van der Waals surface area contributed by atoms with E-state index in [1.54, 1.807) is 24.3 Å². The first-order valence-electron chi connectivity index (χ1n) is 4.44.